The van der Waals surface area contributed by atoms with Crippen LogP contribution >= 0.6 is 11.3 Å². The Morgan fingerprint density at radius 3 is 2.59 bits per heavy atom. The SMILES string of the molecule is Cc1nc(NC(=O)N2CC[C@@]2(C)C(N)=O)sc1-c1ccnc(C(C)(C)C)n1. The third-order valence-corrected chi connectivity index (χ3v) is 5.86. The molecule has 0 radical (unpaired) electrons. The van der Waals surface area contributed by atoms with Gasteiger partial charge in [-0.25, -0.2) is 19.7 Å². The predicted octanol–water partition coefficient (Wildman–Crippen LogP) is 2.69. The van der Waals surface area contributed by atoms with E-state index in [1.54, 1.807) is 13.1 Å². The minimum Gasteiger partial charge on any atom is -0.368 e. The maximum atomic E-state index is 12.5. The van der Waals surface area contributed by atoms with Crippen LogP contribution in [0.2, 0.25) is 0 Å². The molecule has 0 aromatic carbocycles. The quantitative estimate of drug-likeness (QED) is 0.839. The van der Waals surface area contributed by atoms with Gasteiger partial charge in [-0.05, 0) is 26.3 Å². The van der Waals surface area contributed by atoms with E-state index in [-0.39, 0.29) is 11.4 Å². The summed E-state index contributed by atoms with van der Waals surface area (Å²) >= 11 is 1.34. The zero-order valence-corrected chi connectivity index (χ0v) is 17.0. The second-order valence-electron chi connectivity index (χ2n) is 7.92. The third-order valence-electron chi connectivity index (χ3n) is 4.76. The van der Waals surface area contributed by atoms with Crippen LogP contribution < -0.4 is 11.1 Å². The molecule has 1 aliphatic heterocycles. The highest BCUT2D eigenvalue weighted by atomic mass is 32.1. The third kappa shape index (κ3) is 3.51. The molecule has 3 amide bonds. The molecule has 0 saturated carbocycles. The Hall–Kier alpha value is -2.55. The molecule has 8 nitrogen and oxygen atoms in total. The number of nitrogens with two attached hydrogens (primary N) is 1. The van der Waals surface area contributed by atoms with Crippen molar-refractivity contribution in [1.29, 1.82) is 0 Å². The summed E-state index contributed by atoms with van der Waals surface area (Å²) in [7, 11) is 0. The van der Waals surface area contributed by atoms with E-state index in [1.165, 1.54) is 16.2 Å². The maximum Gasteiger partial charge on any atom is 0.324 e. The first-order chi connectivity index (χ1) is 12.5. The number of rotatable bonds is 3. The minimum atomic E-state index is -0.937. The number of aromatic nitrogens is 3. The van der Waals surface area contributed by atoms with Crippen molar-refractivity contribution in [3.05, 3.63) is 23.8 Å². The summed E-state index contributed by atoms with van der Waals surface area (Å²) in [5, 5.41) is 3.23. The first-order valence-corrected chi connectivity index (χ1v) is 9.54. The molecule has 3 heterocycles. The van der Waals surface area contributed by atoms with Gasteiger partial charge < -0.3 is 10.6 Å². The van der Waals surface area contributed by atoms with Gasteiger partial charge in [0.05, 0.1) is 16.3 Å². The van der Waals surface area contributed by atoms with Crippen LogP contribution in [0.15, 0.2) is 12.3 Å². The lowest BCUT2D eigenvalue weighted by Gasteiger charge is -2.47. The Labute approximate surface area is 162 Å². The van der Waals surface area contributed by atoms with Gasteiger partial charge in [0.2, 0.25) is 5.91 Å². The van der Waals surface area contributed by atoms with Crippen molar-refractivity contribution in [2.24, 2.45) is 5.73 Å². The topological polar surface area (TPSA) is 114 Å². The summed E-state index contributed by atoms with van der Waals surface area (Å²) in [6, 6.07) is 1.46. The molecule has 9 heteroatoms. The van der Waals surface area contributed by atoms with Gasteiger partial charge in [-0.15, -0.1) is 0 Å². The molecule has 1 atom stereocenters. The second-order valence-corrected chi connectivity index (χ2v) is 8.92. The molecule has 27 heavy (non-hydrogen) atoms. The monoisotopic (exact) mass is 388 g/mol. The van der Waals surface area contributed by atoms with Gasteiger partial charge in [-0.3, -0.25) is 10.1 Å². The fourth-order valence-electron chi connectivity index (χ4n) is 2.83. The van der Waals surface area contributed by atoms with Crippen molar-refractivity contribution < 1.29 is 9.59 Å². The molecule has 0 unspecified atom stereocenters. The van der Waals surface area contributed by atoms with Gasteiger partial charge in [0.15, 0.2) is 5.13 Å². The molecule has 1 aliphatic rings. The Morgan fingerprint density at radius 1 is 1.33 bits per heavy atom. The van der Waals surface area contributed by atoms with E-state index in [0.29, 0.717) is 18.1 Å². The molecule has 3 rings (SSSR count). The van der Waals surface area contributed by atoms with E-state index in [0.717, 1.165) is 22.1 Å². The van der Waals surface area contributed by atoms with Crippen LogP contribution in [0.25, 0.3) is 10.6 Å². The molecule has 2 aromatic heterocycles. The highest BCUT2D eigenvalue weighted by Gasteiger charge is 2.48. The molecule has 2 aromatic rings. The average Bonchev–Trinajstić information content (AvgIpc) is 2.92. The second kappa shape index (κ2) is 6.56. The zero-order valence-electron chi connectivity index (χ0n) is 16.2. The maximum absolute atomic E-state index is 12.5. The fraction of sp³-hybridized carbons (Fsp3) is 0.500. The Morgan fingerprint density at radius 2 is 2.04 bits per heavy atom. The Bertz CT molecular complexity index is 903. The van der Waals surface area contributed by atoms with E-state index in [4.69, 9.17) is 5.73 Å². The first kappa shape index (κ1) is 19.2. The summed E-state index contributed by atoms with van der Waals surface area (Å²) in [5.74, 6) is 0.242. The Balaban J connectivity index is 1.82. The van der Waals surface area contributed by atoms with Crippen LogP contribution in [-0.4, -0.2) is 43.9 Å². The number of amides is 3. The van der Waals surface area contributed by atoms with Gasteiger partial charge in [-0.1, -0.05) is 32.1 Å². The molecular formula is C18H24N6O2S. The van der Waals surface area contributed by atoms with E-state index in [1.807, 2.05) is 13.0 Å². The number of nitrogens with one attached hydrogen (secondary N) is 1. The lowest BCUT2D eigenvalue weighted by molar-refractivity contribution is -0.133. The van der Waals surface area contributed by atoms with Crippen molar-refractivity contribution in [2.45, 2.75) is 52.0 Å². The normalized spacial score (nSPS) is 19.5. The number of aryl methyl sites for hydroxylation is 1. The lowest BCUT2D eigenvalue weighted by atomic mass is 9.86. The molecule has 3 N–H and O–H groups in total. The van der Waals surface area contributed by atoms with E-state index < -0.39 is 11.4 Å². The number of hydrogen-bond acceptors (Lipinski definition) is 6. The lowest BCUT2D eigenvalue weighted by Crippen LogP contribution is -2.67. The highest BCUT2D eigenvalue weighted by Crippen LogP contribution is 2.34. The van der Waals surface area contributed by atoms with E-state index >= 15 is 0 Å². The molecule has 0 spiro atoms. The number of likely N-dealkylation sites (tertiary alicyclic amines) is 1. The van der Waals surface area contributed by atoms with Crippen molar-refractivity contribution >= 4 is 28.4 Å². The number of carbonyl (C=O) groups excluding carboxylic acids is 2. The predicted molar refractivity (Wildman–Crippen MR) is 105 cm³/mol. The molecule has 0 bridgehead atoms. The number of carbonyl (C=O) groups is 2. The Kier molecular flexibility index (Phi) is 4.67. The number of urea groups is 1. The largest absolute Gasteiger partial charge is 0.368 e. The minimum absolute atomic E-state index is 0.164. The molecular weight excluding hydrogens is 364 g/mol. The zero-order chi connectivity index (χ0) is 20.0. The number of anilines is 1. The van der Waals surface area contributed by atoms with Crippen molar-refractivity contribution in [3.8, 4) is 10.6 Å². The summed E-state index contributed by atoms with van der Waals surface area (Å²) in [4.78, 5) is 39.9. The smallest absolute Gasteiger partial charge is 0.324 e. The van der Waals surface area contributed by atoms with Crippen LogP contribution in [0, 0.1) is 6.92 Å². The van der Waals surface area contributed by atoms with Gasteiger partial charge in [0.25, 0.3) is 0 Å². The van der Waals surface area contributed by atoms with Gasteiger partial charge >= 0.3 is 6.03 Å². The summed E-state index contributed by atoms with van der Waals surface area (Å²) < 4.78 is 0. The van der Waals surface area contributed by atoms with Crippen molar-refractivity contribution in [3.63, 3.8) is 0 Å². The van der Waals surface area contributed by atoms with Crippen LogP contribution in [0.4, 0.5) is 9.93 Å². The molecule has 0 aliphatic carbocycles. The van der Waals surface area contributed by atoms with Gasteiger partial charge in [-0.2, -0.15) is 0 Å². The van der Waals surface area contributed by atoms with Crippen LogP contribution in [-0.2, 0) is 10.2 Å². The number of hydrogen-bond donors (Lipinski definition) is 2. The number of primary amides is 1. The van der Waals surface area contributed by atoms with E-state index in [2.05, 4.69) is 41.0 Å². The summed E-state index contributed by atoms with van der Waals surface area (Å²) in [5.41, 5.74) is 5.87. The van der Waals surface area contributed by atoms with Gasteiger partial charge in [0, 0.05) is 18.2 Å². The van der Waals surface area contributed by atoms with Gasteiger partial charge in [0.1, 0.15) is 11.4 Å². The summed E-state index contributed by atoms with van der Waals surface area (Å²) in [6.45, 7) is 10.2. The summed E-state index contributed by atoms with van der Waals surface area (Å²) in [6.07, 6.45) is 2.30. The van der Waals surface area contributed by atoms with Crippen LogP contribution in [0.5, 0.6) is 0 Å². The standard InChI is InChI=1S/C18H24N6O2S/c1-10-12(11-6-8-20-14(22-11)17(2,3)4)27-15(21-10)23-16(26)24-9-7-18(24,5)13(19)25/h6,8H,7,9H2,1-5H3,(H2,19,25)(H,21,23,26)/t18-/m0/s1. The number of nitrogens with zero attached hydrogens (tertiary/aromatic N) is 4. The molecule has 1 fully saturated rings. The van der Waals surface area contributed by atoms with Crippen LogP contribution in [0.1, 0.15) is 45.6 Å². The molecule has 144 valence electrons. The van der Waals surface area contributed by atoms with Crippen molar-refractivity contribution in [1.82, 2.24) is 19.9 Å². The van der Waals surface area contributed by atoms with E-state index in [9.17, 15) is 9.59 Å². The average molecular weight is 388 g/mol. The molecule has 1 saturated heterocycles. The number of thiazole rings is 1. The fourth-order valence-corrected chi connectivity index (χ4v) is 3.76. The van der Waals surface area contributed by atoms with Crippen LogP contribution in [0.3, 0.4) is 0 Å². The first-order valence-electron chi connectivity index (χ1n) is 8.72. The highest BCUT2D eigenvalue weighted by molar-refractivity contribution is 7.19. The van der Waals surface area contributed by atoms with Crippen molar-refractivity contribution in [2.75, 3.05) is 11.9 Å².